The number of carbonyl (C=O) groups is 1. The Hall–Kier alpha value is -0.930. The molecule has 0 unspecified atom stereocenters. The summed E-state index contributed by atoms with van der Waals surface area (Å²) in [5.41, 5.74) is 0. The minimum atomic E-state index is -1.38. The number of ether oxygens (including phenoxy) is 1. The Morgan fingerprint density at radius 2 is 1.73 bits per heavy atom. The Kier molecular flexibility index (Phi) is 7.86. The maximum atomic E-state index is 13.0. The van der Waals surface area contributed by atoms with Crippen molar-refractivity contribution in [3.8, 4) is 0 Å². The molecule has 0 N–H and O–H groups in total. The molecule has 0 fully saturated rings. The first-order valence-corrected chi connectivity index (χ1v) is 5.34. The van der Waals surface area contributed by atoms with Gasteiger partial charge in [-0.3, -0.25) is 0 Å². The molecule has 15 heavy (non-hydrogen) atoms. The first-order chi connectivity index (χ1) is 7.13. The monoisotopic (exact) mass is 220 g/mol. The van der Waals surface area contributed by atoms with Crippen molar-refractivity contribution in [2.24, 2.45) is 0 Å². The molecular weight excluding hydrogens is 202 g/mol. The second-order valence-electron chi connectivity index (χ2n) is 3.31. The average Bonchev–Trinajstić information content (AvgIpc) is 2.24. The maximum absolute atomic E-state index is 13.0. The Bertz CT molecular complexity index is 225. The fourth-order valence-corrected chi connectivity index (χ4v) is 0.925. The number of carbonyl (C=O) groups excluding carboxylic acids is 1. The van der Waals surface area contributed by atoms with Gasteiger partial charge in [-0.05, 0) is 12.8 Å². The van der Waals surface area contributed by atoms with Crippen LogP contribution in [-0.2, 0) is 9.53 Å². The van der Waals surface area contributed by atoms with Crippen LogP contribution >= 0.6 is 0 Å². The summed E-state index contributed by atoms with van der Waals surface area (Å²) in [6.07, 6.45) is 2.75. The zero-order chi connectivity index (χ0) is 11.7. The second kappa shape index (κ2) is 8.38. The molecule has 0 heterocycles. The third-order valence-electron chi connectivity index (χ3n) is 1.90. The van der Waals surface area contributed by atoms with Crippen molar-refractivity contribution >= 4 is 5.97 Å². The number of hydrogen-bond donors (Lipinski definition) is 0. The summed E-state index contributed by atoms with van der Waals surface area (Å²) in [5.74, 6) is -3.56. The lowest BCUT2D eigenvalue weighted by Gasteiger charge is -2.02. The number of hydrogen-bond acceptors (Lipinski definition) is 2. The summed E-state index contributed by atoms with van der Waals surface area (Å²) in [6, 6.07) is 0. The van der Waals surface area contributed by atoms with Crippen molar-refractivity contribution in [2.45, 2.75) is 46.0 Å². The molecule has 0 rings (SSSR count). The lowest BCUT2D eigenvalue weighted by molar-refractivity contribution is -0.141. The molecule has 0 atom stereocenters. The highest BCUT2D eigenvalue weighted by Crippen LogP contribution is 2.16. The van der Waals surface area contributed by atoms with Crippen LogP contribution in [0.3, 0.4) is 0 Å². The quantitative estimate of drug-likeness (QED) is 0.371. The second-order valence-corrected chi connectivity index (χ2v) is 3.31. The smallest absolute Gasteiger partial charge is 0.369 e. The molecule has 0 aliphatic heterocycles. The Labute approximate surface area is 89.3 Å². The van der Waals surface area contributed by atoms with Crippen LogP contribution in [0.4, 0.5) is 8.78 Å². The van der Waals surface area contributed by atoms with Gasteiger partial charge in [-0.2, -0.15) is 4.39 Å². The minimum Gasteiger partial charge on any atom is -0.460 e. The van der Waals surface area contributed by atoms with Crippen molar-refractivity contribution < 1.29 is 18.3 Å². The summed E-state index contributed by atoms with van der Waals surface area (Å²) in [7, 11) is 0. The van der Waals surface area contributed by atoms with Crippen molar-refractivity contribution in [1.82, 2.24) is 0 Å². The van der Waals surface area contributed by atoms with Crippen LogP contribution in [0.15, 0.2) is 11.7 Å². The van der Waals surface area contributed by atoms with E-state index in [1.165, 1.54) is 0 Å². The van der Waals surface area contributed by atoms with Crippen molar-refractivity contribution in [3.63, 3.8) is 0 Å². The van der Waals surface area contributed by atoms with E-state index in [2.05, 4.69) is 4.74 Å². The van der Waals surface area contributed by atoms with Gasteiger partial charge in [-0.25, -0.2) is 9.18 Å². The topological polar surface area (TPSA) is 26.3 Å². The third-order valence-corrected chi connectivity index (χ3v) is 1.90. The number of halogens is 2. The van der Waals surface area contributed by atoms with E-state index >= 15 is 0 Å². The summed E-state index contributed by atoms with van der Waals surface area (Å²) >= 11 is 0. The zero-order valence-corrected chi connectivity index (χ0v) is 9.32. The van der Waals surface area contributed by atoms with Gasteiger partial charge in [0.1, 0.15) is 5.83 Å². The summed E-state index contributed by atoms with van der Waals surface area (Å²) in [4.78, 5) is 10.9. The standard InChI is InChI=1S/C11H18F2O2/c1-3-5-7-9(12)10(13)11(14)15-8-6-4-2/h3-8H2,1-2H3/b10-9-. The van der Waals surface area contributed by atoms with Gasteiger partial charge in [0.25, 0.3) is 0 Å². The van der Waals surface area contributed by atoms with Gasteiger partial charge in [0.15, 0.2) is 0 Å². The molecule has 0 radical (unpaired) electrons. The number of esters is 1. The molecular formula is C11H18F2O2. The van der Waals surface area contributed by atoms with Crippen LogP contribution in [0.2, 0.25) is 0 Å². The van der Waals surface area contributed by atoms with Crippen LogP contribution < -0.4 is 0 Å². The number of rotatable bonds is 7. The van der Waals surface area contributed by atoms with Gasteiger partial charge >= 0.3 is 5.97 Å². The van der Waals surface area contributed by atoms with Crippen molar-refractivity contribution in [1.29, 1.82) is 0 Å². The highest BCUT2D eigenvalue weighted by Gasteiger charge is 2.16. The molecule has 0 aromatic carbocycles. The predicted molar refractivity (Wildman–Crippen MR) is 54.6 cm³/mol. The molecule has 88 valence electrons. The fraction of sp³-hybridized carbons (Fsp3) is 0.727. The largest absolute Gasteiger partial charge is 0.460 e. The van der Waals surface area contributed by atoms with Crippen LogP contribution in [-0.4, -0.2) is 12.6 Å². The molecule has 0 aliphatic carbocycles. The summed E-state index contributed by atoms with van der Waals surface area (Å²) < 4.78 is 30.5. The third kappa shape index (κ3) is 6.20. The molecule has 0 saturated carbocycles. The molecule has 0 aromatic heterocycles. The summed E-state index contributed by atoms with van der Waals surface area (Å²) in [6.45, 7) is 3.93. The van der Waals surface area contributed by atoms with E-state index in [1.807, 2.05) is 13.8 Å². The van der Waals surface area contributed by atoms with E-state index in [0.717, 1.165) is 12.8 Å². The maximum Gasteiger partial charge on any atom is 0.369 e. The number of unbranched alkanes of at least 4 members (excludes halogenated alkanes) is 2. The molecule has 4 heteroatoms. The van der Waals surface area contributed by atoms with E-state index in [0.29, 0.717) is 12.8 Å². The molecule has 0 spiro atoms. The average molecular weight is 220 g/mol. The predicted octanol–water partition coefficient (Wildman–Crippen LogP) is 3.67. The van der Waals surface area contributed by atoms with Crippen LogP contribution in [0.25, 0.3) is 0 Å². The molecule has 0 bridgehead atoms. The molecule has 2 nitrogen and oxygen atoms in total. The SMILES string of the molecule is CCCCOC(=O)/C(F)=C(/F)CCCC. The van der Waals surface area contributed by atoms with E-state index in [9.17, 15) is 13.6 Å². The highest BCUT2D eigenvalue weighted by atomic mass is 19.2. The van der Waals surface area contributed by atoms with Crippen LogP contribution in [0.5, 0.6) is 0 Å². The van der Waals surface area contributed by atoms with Gasteiger partial charge in [-0.1, -0.05) is 26.7 Å². The van der Waals surface area contributed by atoms with Gasteiger partial charge < -0.3 is 4.74 Å². The zero-order valence-electron chi connectivity index (χ0n) is 9.32. The fourth-order valence-electron chi connectivity index (χ4n) is 0.925. The van der Waals surface area contributed by atoms with Gasteiger partial charge in [0.2, 0.25) is 5.83 Å². The first kappa shape index (κ1) is 14.1. The summed E-state index contributed by atoms with van der Waals surface area (Å²) in [5, 5.41) is 0. The van der Waals surface area contributed by atoms with Gasteiger partial charge in [0, 0.05) is 6.42 Å². The van der Waals surface area contributed by atoms with E-state index in [4.69, 9.17) is 0 Å². The molecule has 0 saturated heterocycles. The first-order valence-electron chi connectivity index (χ1n) is 5.34. The van der Waals surface area contributed by atoms with Crippen molar-refractivity contribution in [3.05, 3.63) is 11.7 Å². The van der Waals surface area contributed by atoms with E-state index < -0.39 is 17.6 Å². The highest BCUT2D eigenvalue weighted by molar-refractivity contribution is 5.86. The minimum absolute atomic E-state index is 0.0365. The Balaban J connectivity index is 4.03. The van der Waals surface area contributed by atoms with Gasteiger partial charge in [0.05, 0.1) is 6.61 Å². The normalized spacial score (nSPS) is 12.3. The van der Waals surface area contributed by atoms with Crippen LogP contribution in [0, 0.1) is 0 Å². The molecule has 0 aliphatic rings. The Morgan fingerprint density at radius 1 is 1.13 bits per heavy atom. The lowest BCUT2D eigenvalue weighted by atomic mass is 10.2. The number of allylic oxidation sites excluding steroid dienone is 1. The van der Waals surface area contributed by atoms with Crippen LogP contribution in [0.1, 0.15) is 46.0 Å². The van der Waals surface area contributed by atoms with Gasteiger partial charge in [-0.15, -0.1) is 0 Å². The van der Waals surface area contributed by atoms with E-state index in [-0.39, 0.29) is 13.0 Å². The van der Waals surface area contributed by atoms with E-state index in [1.54, 1.807) is 0 Å². The van der Waals surface area contributed by atoms with Crippen molar-refractivity contribution in [2.75, 3.05) is 6.61 Å². The lowest BCUT2D eigenvalue weighted by Crippen LogP contribution is -2.07. The Morgan fingerprint density at radius 3 is 2.27 bits per heavy atom. The molecule has 0 amide bonds. The molecule has 0 aromatic rings.